The Balaban J connectivity index is 1.65. The summed E-state index contributed by atoms with van der Waals surface area (Å²) in [7, 11) is -2.39. The van der Waals surface area contributed by atoms with Gasteiger partial charge in [0.15, 0.2) is 0 Å². The zero-order valence-electron chi connectivity index (χ0n) is 19.7. The minimum Gasteiger partial charge on any atom is -0.497 e. The molecule has 0 heterocycles. The predicted octanol–water partition coefficient (Wildman–Crippen LogP) is 4.56. The van der Waals surface area contributed by atoms with Gasteiger partial charge in [0.25, 0.3) is 10.0 Å². The van der Waals surface area contributed by atoms with Crippen LogP contribution < -0.4 is 14.4 Å². The summed E-state index contributed by atoms with van der Waals surface area (Å²) in [6, 6.07) is 21.5. The van der Waals surface area contributed by atoms with Gasteiger partial charge in [0, 0.05) is 18.1 Å². The molecule has 1 amide bonds. The van der Waals surface area contributed by atoms with Crippen molar-refractivity contribution in [2.24, 2.45) is 0 Å². The normalized spacial score (nSPS) is 11.1. The molecule has 6 nitrogen and oxygen atoms in total. The van der Waals surface area contributed by atoms with Crippen LogP contribution in [0.1, 0.15) is 16.7 Å². The van der Waals surface area contributed by atoms with E-state index < -0.39 is 10.0 Å². The summed E-state index contributed by atoms with van der Waals surface area (Å²) < 4.78 is 33.1. The molecule has 3 aromatic rings. The Morgan fingerprint density at radius 2 is 1.68 bits per heavy atom. The van der Waals surface area contributed by atoms with Gasteiger partial charge in [-0.05, 0) is 55.8 Å². The molecule has 0 atom stereocenters. The molecule has 0 spiro atoms. The van der Waals surface area contributed by atoms with E-state index >= 15 is 0 Å². The molecule has 0 aliphatic rings. The van der Waals surface area contributed by atoms with E-state index in [4.69, 9.17) is 4.74 Å². The fraction of sp³-hybridized carbons (Fsp3) is 0.269. The fourth-order valence-electron chi connectivity index (χ4n) is 3.34. The molecule has 3 aromatic carbocycles. The summed E-state index contributed by atoms with van der Waals surface area (Å²) in [6.45, 7) is 4.09. The van der Waals surface area contributed by atoms with Crippen LogP contribution in [0.4, 0.5) is 5.69 Å². The van der Waals surface area contributed by atoms with Crippen LogP contribution in [-0.4, -0.2) is 40.3 Å². The topological polar surface area (TPSA) is 75.7 Å². The number of nitrogens with one attached hydrogen (secondary N) is 1. The van der Waals surface area contributed by atoms with Crippen molar-refractivity contribution in [2.45, 2.75) is 24.5 Å². The highest BCUT2D eigenvalue weighted by atomic mass is 32.2. The SMILES string of the molecule is COc1ccc(N(CC(=O)NCCSCc2cccc(C)c2)S(=O)(=O)c2ccc(C)cc2)cc1. The number of benzene rings is 3. The van der Waals surface area contributed by atoms with E-state index in [0.29, 0.717) is 18.0 Å². The van der Waals surface area contributed by atoms with Crippen molar-refractivity contribution in [1.29, 1.82) is 0 Å². The maximum Gasteiger partial charge on any atom is 0.264 e. The maximum atomic E-state index is 13.4. The zero-order chi connectivity index (χ0) is 24.6. The highest BCUT2D eigenvalue weighted by Crippen LogP contribution is 2.26. The number of aryl methyl sites for hydroxylation is 2. The number of thioether (sulfide) groups is 1. The van der Waals surface area contributed by atoms with Gasteiger partial charge in [-0.2, -0.15) is 11.8 Å². The Bertz CT molecular complexity index is 1190. The molecule has 1 N–H and O–H groups in total. The summed E-state index contributed by atoms with van der Waals surface area (Å²) >= 11 is 1.72. The van der Waals surface area contributed by atoms with Crippen LogP contribution in [0.3, 0.4) is 0 Å². The van der Waals surface area contributed by atoms with Gasteiger partial charge in [0.1, 0.15) is 12.3 Å². The Kier molecular flexibility index (Phi) is 9.01. The molecule has 0 radical (unpaired) electrons. The third-order valence-electron chi connectivity index (χ3n) is 5.18. The van der Waals surface area contributed by atoms with Crippen LogP contribution in [0.15, 0.2) is 77.7 Å². The number of amides is 1. The van der Waals surface area contributed by atoms with Crippen molar-refractivity contribution in [2.75, 3.05) is 30.3 Å². The second-order valence-corrected chi connectivity index (χ2v) is 10.9. The first-order valence-electron chi connectivity index (χ1n) is 10.9. The maximum absolute atomic E-state index is 13.4. The minimum atomic E-state index is -3.93. The largest absolute Gasteiger partial charge is 0.497 e. The number of anilines is 1. The highest BCUT2D eigenvalue weighted by Gasteiger charge is 2.27. The lowest BCUT2D eigenvalue weighted by Gasteiger charge is -2.24. The highest BCUT2D eigenvalue weighted by molar-refractivity contribution is 7.98. The minimum absolute atomic E-state index is 0.135. The Morgan fingerprint density at radius 1 is 0.971 bits per heavy atom. The van der Waals surface area contributed by atoms with Crippen LogP contribution in [0, 0.1) is 13.8 Å². The number of carbonyl (C=O) groups is 1. The van der Waals surface area contributed by atoms with E-state index in [9.17, 15) is 13.2 Å². The number of hydrogen-bond donors (Lipinski definition) is 1. The van der Waals surface area contributed by atoms with Gasteiger partial charge >= 0.3 is 0 Å². The third-order valence-corrected chi connectivity index (χ3v) is 7.99. The van der Waals surface area contributed by atoms with Gasteiger partial charge in [0.05, 0.1) is 17.7 Å². The number of nitrogens with zero attached hydrogens (tertiary/aromatic N) is 1. The molecule has 0 aromatic heterocycles. The average molecular weight is 499 g/mol. The molecule has 3 rings (SSSR count). The number of sulfonamides is 1. The van der Waals surface area contributed by atoms with Gasteiger partial charge in [-0.15, -0.1) is 0 Å². The van der Waals surface area contributed by atoms with Crippen molar-refractivity contribution >= 4 is 33.4 Å². The second-order valence-electron chi connectivity index (χ2n) is 7.91. The van der Waals surface area contributed by atoms with Gasteiger partial charge in [-0.3, -0.25) is 9.10 Å². The smallest absolute Gasteiger partial charge is 0.264 e. The number of ether oxygens (including phenoxy) is 1. The first-order valence-corrected chi connectivity index (χ1v) is 13.5. The van der Waals surface area contributed by atoms with Gasteiger partial charge in [0.2, 0.25) is 5.91 Å². The molecule has 8 heteroatoms. The van der Waals surface area contributed by atoms with E-state index in [1.54, 1.807) is 67.4 Å². The van der Waals surface area contributed by atoms with Crippen LogP contribution in [0.5, 0.6) is 5.75 Å². The van der Waals surface area contributed by atoms with E-state index in [1.807, 2.05) is 13.0 Å². The summed E-state index contributed by atoms with van der Waals surface area (Å²) in [6.07, 6.45) is 0. The molecular formula is C26H30N2O4S2. The molecule has 0 aliphatic carbocycles. The molecule has 0 unspecified atom stereocenters. The molecule has 180 valence electrons. The Morgan fingerprint density at radius 3 is 2.32 bits per heavy atom. The van der Waals surface area contributed by atoms with Crippen molar-refractivity contribution in [3.05, 3.63) is 89.5 Å². The van der Waals surface area contributed by atoms with Gasteiger partial charge in [-0.25, -0.2) is 8.42 Å². The summed E-state index contributed by atoms with van der Waals surface area (Å²) in [5.74, 6) is 1.83. The zero-order valence-corrected chi connectivity index (χ0v) is 21.3. The fourth-order valence-corrected chi connectivity index (χ4v) is 5.57. The molecular weight excluding hydrogens is 468 g/mol. The van der Waals surface area contributed by atoms with E-state index in [-0.39, 0.29) is 17.3 Å². The van der Waals surface area contributed by atoms with Crippen LogP contribution in [-0.2, 0) is 20.6 Å². The van der Waals surface area contributed by atoms with Gasteiger partial charge < -0.3 is 10.1 Å². The molecule has 34 heavy (non-hydrogen) atoms. The lowest BCUT2D eigenvalue weighted by molar-refractivity contribution is -0.119. The van der Waals surface area contributed by atoms with Crippen molar-refractivity contribution in [3.63, 3.8) is 0 Å². The lowest BCUT2D eigenvalue weighted by atomic mass is 10.2. The van der Waals surface area contributed by atoms with E-state index in [2.05, 4.69) is 30.4 Å². The monoisotopic (exact) mass is 498 g/mol. The Labute approximate surface area is 206 Å². The first-order chi connectivity index (χ1) is 16.3. The van der Waals surface area contributed by atoms with Crippen molar-refractivity contribution in [1.82, 2.24) is 5.32 Å². The number of hydrogen-bond acceptors (Lipinski definition) is 5. The molecule has 0 bridgehead atoms. The summed E-state index contributed by atoms with van der Waals surface area (Å²) in [5.41, 5.74) is 3.81. The van der Waals surface area contributed by atoms with Crippen LogP contribution in [0.25, 0.3) is 0 Å². The first kappa shape index (κ1) is 25.6. The summed E-state index contributed by atoms with van der Waals surface area (Å²) in [5, 5.41) is 2.85. The van der Waals surface area contributed by atoms with Crippen molar-refractivity contribution < 1.29 is 17.9 Å². The standard InChI is InChI=1S/C26H30N2O4S2/c1-20-7-13-25(14-8-20)34(30,31)28(23-9-11-24(32-3)12-10-23)18-26(29)27-15-16-33-19-22-6-4-5-21(2)17-22/h4-14,17H,15-16,18-19H2,1-3H3,(H,27,29). The van der Waals surface area contributed by atoms with E-state index in [1.165, 1.54) is 11.1 Å². The van der Waals surface area contributed by atoms with Gasteiger partial charge in [-0.1, -0.05) is 47.5 Å². The van der Waals surface area contributed by atoms with Crippen LogP contribution in [0.2, 0.25) is 0 Å². The summed E-state index contributed by atoms with van der Waals surface area (Å²) in [4.78, 5) is 12.8. The van der Waals surface area contributed by atoms with Crippen molar-refractivity contribution in [3.8, 4) is 5.75 Å². The predicted molar refractivity (Wildman–Crippen MR) is 139 cm³/mol. The van der Waals surface area contributed by atoms with Crippen LogP contribution >= 0.6 is 11.8 Å². The average Bonchev–Trinajstić information content (AvgIpc) is 2.82. The number of rotatable bonds is 11. The number of methoxy groups -OCH3 is 1. The molecule has 0 saturated heterocycles. The molecule has 0 fully saturated rings. The molecule has 0 aliphatic heterocycles. The van der Waals surface area contributed by atoms with E-state index in [0.717, 1.165) is 21.4 Å². The number of carbonyl (C=O) groups excluding carboxylic acids is 1. The molecule has 0 saturated carbocycles. The Hall–Kier alpha value is -2.97. The lowest BCUT2D eigenvalue weighted by Crippen LogP contribution is -2.41. The second kappa shape index (κ2) is 11.9. The third kappa shape index (κ3) is 7.01. The quantitative estimate of drug-likeness (QED) is 0.393.